The van der Waals surface area contributed by atoms with Crippen LogP contribution in [0.15, 0.2) is 24.4 Å². The molecule has 3 nitrogen and oxygen atoms in total. The highest BCUT2D eigenvalue weighted by Crippen LogP contribution is 2.41. The van der Waals surface area contributed by atoms with E-state index in [1.54, 1.807) is 0 Å². The first-order valence-corrected chi connectivity index (χ1v) is 8.23. The number of pyridine rings is 1. The van der Waals surface area contributed by atoms with Crippen LogP contribution in [0.25, 0.3) is 0 Å². The Balaban J connectivity index is 2.12. The molecule has 1 heterocycles. The van der Waals surface area contributed by atoms with Gasteiger partial charge in [-0.15, -0.1) is 0 Å². The highest BCUT2D eigenvalue weighted by atomic mass is 16.5. The first-order valence-electron chi connectivity index (χ1n) is 8.23. The molecule has 4 atom stereocenters. The van der Waals surface area contributed by atoms with Gasteiger partial charge in [-0.2, -0.15) is 0 Å². The topological polar surface area (TPSA) is 48.1 Å². The largest absolute Gasteiger partial charge is 0.367 e. The fourth-order valence-corrected chi connectivity index (χ4v) is 3.72. The van der Waals surface area contributed by atoms with Crippen LogP contribution in [-0.2, 0) is 4.74 Å². The number of rotatable bonds is 5. The molecule has 0 amide bonds. The fraction of sp³-hybridized carbons (Fsp3) is 0.722. The van der Waals surface area contributed by atoms with E-state index >= 15 is 0 Å². The van der Waals surface area contributed by atoms with Crippen molar-refractivity contribution in [3.8, 4) is 0 Å². The van der Waals surface area contributed by atoms with E-state index in [1.165, 1.54) is 6.42 Å². The highest BCUT2D eigenvalue weighted by molar-refractivity contribution is 5.09. The third-order valence-electron chi connectivity index (χ3n) is 4.53. The van der Waals surface area contributed by atoms with E-state index < -0.39 is 0 Å². The van der Waals surface area contributed by atoms with Gasteiger partial charge in [0.15, 0.2) is 0 Å². The average Bonchev–Trinajstić information content (AvgIpc) is 2.43. The molecule has 4 unspecified atom stereocenters. The first kappa shape index (κ1) is 16.4. The molecular formula is C18H30N2O. The Kier molecular flexibility index (Phi) is 5.39. The van der Waals surface area contributed by atoms with Crippen LogP contribution in [0.4, 0.5) is 0 Å². The van der Waals surface area contributed by atoms with Gasteiger partial charge in [0.2, 0.25) is 0 Å². The van der Waals surface area contributed by atoms with E-state index in [4.69, 9.17) is 10.5 Å². The van der Waals surface area contributed by atoms with Crippen LogP contribution in [-0.4, -0.2) is 17.1 Å². The van der Waals surface area contributed by atoms with Crippen molar-refractivity contribution in [2.45, 2.75) is 71.6 Å². The summed E-state index contributed by atoms with van der Waals surface area (Å²) in [6, 6.07) is 5.97. The van der Waals surface area contributed by atoms with E-state index in [9.17, 15) is 0 Å². The molecule has 0 aliphatic heterocycles. The molecule has 1 fully saturated rings. The summed E-state index contributed by atoms with van der Waals surface area (Å²) < 4.78 is 6.45. The molecule has 1 aromatic rings. The monoisotopic (exact) mass is 290 g/mol. The maximum atomic E-state index is 6.45. The van der Waals surface area contributed by atoms with Gasteiger partial charge >= 0.3 is 0 Å². The molecule has 2 rings (SSSR count). The number of hydrogen-bond donors (Lipinski definition) is 1. The van der Waals surface area contributed by atoms with Crippen molar-refractivity contribution in [1.29, 1.82) is 0 Å². The third-order valence-corrected chi connectivity index (χ3v) is 4.53. The van der Waals surface area contributed by atoms with Crippen LogP contribution in [0.1, 0.15) is 65.2 Å². The maximum absolute atomic E-state index is 6.45. The minimum absolute atomic E-state index is 0.000227. The quantitative estimate of drug-likeness (QED) is 0.888. The van der Waals surface area contributed by atoms with Crippen LogP contribution < -0.4 is 5.73 Å². The lowest BCUT2D eigenvalue weighted by Gasteiger charge is -2.40. The summed E-state index contributed by atoms with van der Waals surface area (Å²) in [5.41, 5.74) is 7.62. The summed E-state index contributed by atoms with van der Waals surface area (Å²) in [4.78, 5) is 4.46. The molecular weight excluding hydrogens is 260 g/mol. The van der Waals surface area contributed by atoms with Crippen molar-refractivity contribution in [3.63, 3.8) is 0 Å². The fourth-order valence-electron chi connectivity index (χ4n) is 3.72. The molecule has 21 heavy (non-hydrogen) atoms. The number of nitrogens with zero attached hydrogens (tertiary/aromatic N) is 1. The first-order chi connectivity index (χ1) is 9.91. The number of aromatic nitrogens is 1. The second-order valence-electron chi connectivity index (χ2n) is 7.42. The van der Waals surface area contributed by atoms with Gasteiger partial charge in [0.05, 0.1) is 11.8 Å². The average molecular weight is 290 g/mol. The molecule has 2 N–H and O–H groups in total. The van der Waals surface area contributed by atoms with Crippen LogP contribution in [0, 0.1) is 11.3 Å². The lowest BCUT2D eigenvalue weighted by atomic mass is 9.71. The van der Waals surface area contributed by atoms with Crippen molar-refractivity contribution < 1.29 is 4.74 Å². The lowest BCUT2D eigenvalue weighted by molar-refractivity contribution is -0.0775. The smallest absolute Gasteiger partial charge is 0.115 e. The Morgan fingerprint density at radius 2 is 2.14 bits per heavy atom. The zero-order valence-corrected chi connectivity index (χ0v) is 13.9. The van der Waals surface area contributed by atoms with Gasteiger partial charge in [-0.3, -0.25) is 4.98 Å². The van der Waals surface area contributed by atoms with Crippen LogP contribution in [0.2, 0.25) is 0 Å². The molecule has 0 aromatic carbocycles. The van der Waals surface area contributed by atoms with Crippen LogP contribution in [0.5, 0.6) is 0 Å². The summed E-state index contributed by atoms with van der Waals surface area (Å²) in [6.07, 6.45) is 6.42. The van der Waals surface area contributed by atoms with Gasteiger partial charge < -0.3 is 10.5 Å². The molecule has 118 valence electrons. The predicted octanol–water partition coefficient (Wildman–Crippen LogP) is 4.09. The molecule has 1 aliphatic carbocycles. The van der Waals surface area contributed by atoms with Gasteiger partial charge in [0.25, 0.3) is 0 Å². The molecule has 0 saturated heterocycles. The second-order valence-corrected chi connectivity index (χ2v) is 7.42. The van der Waals surface area contributed by atoms with Gasteiger partial charge in [-0.05, 0) is 49.1 Å². The zero-order valence-electron chi connectivity index (χ0n) is 13.9. The predicted molar refractivity (Wildman–Crippen MR) is 86.9 cm³/mol. The molecule has 0 spiro atoms. The summed E-state index contributed by atoms with van der Waals surface area (Å²) >= 11 is 0. The van der Waals surface area contributed by atoms with Gasteiger partial charge in [0, 0.05) is 12.2 Å². The van der Waals surface area contributed by atoms with E-state index in [2.05, 4.69) is 32.7 Å². The van der Waals surface area contributed by atoms with Gasteiger partial charge in [-0.1, -0.05) is 33.8 Å². The second kappa shape index (κ2) is 6.89. The van der Waals surface area contributed by atoms with Crippen LogP contribution >= 0.6 is 0 Å². The summed E-state index contributed by atoms with van der Waals surface area (Å²) in [6.45, 7) is 9.12. The molecule has 1 aromatic heterocycles. The van der Waals surface area contributed by atoms with Crippen molar-refractivity contribution in [2.75, 3.05) is 0 Å². The Hall–Kier alpha value is -0.930. The summed E-state index contributed by atoms with van der Waals surface area (Å²) in [5, 5.41) is 0. The van der Waals surface area contributed by atoms with Crippen LogP contribution in [0.3, 0.4) is 0 Å². The molecule has 3 heteroatoms. The van der Waals surface area contributed by atoms with E-state index in [-0.39, 0.29) is 18.2 Å². The Labute approximate surface area is 129 Å². The molecule has 1 aliphatic rings. The lowest BCUT2D eigenvalue weighted by Crippen LogP contribution is -2.38. The minimum Gasteiger partial charge on any atom is -0.367 e. The Morgan fingerprint density at radius 1 is 1.38 bits per heavy atom. The number of hydrogen-bond acceptors (Lipinski definition) is 3. The van der Waals surface area contributed by atoms with Crippen molar-refractivity contribution in [3.05, 3.63) is 30.1 Å². The SMILES string of the molecule is CCC(N)C(OC1CC(C)CC(C)(C)C1)c1ccccn1. The Bertz CT molecular complexity index is 432. The molecule has 1 saturated carbocycles. The summed E-state index contributed by atoms with van der Waals surface area (Å²) in [5.74, 6) is 0.709. The highest BCUT2D eigenvalue weighted by Gasteiger charge is 2.35. The Morgan fingerprint density at radius 3 is 2.71 bits per heavy atom. The van der Waals surface area contributed by atoms with E-state index in [1.807, 2.05) is 24.4 Å². The number of ether oxygens (including phenoxy) is 1. The number of nitrogens with two attached hydrogens (primary N) is 1. The van der Waals surface area contributed by atoms with Crippen molar-refractivity contribution in [1.82, 2.24) is 4.98 Å². The maximum Gasteiger partial charge on any atom is 0.115 e. The standard InChI is InChI=1S/C18H30N2O/c1-5-15(19)17(16-8-6-7-9-20-16)21-14-10-13(2)11-18(3,4)12-14/h6-9,13-15,17H,5,10-12,19H2,1-4H3. The van der Waals surface area contributed by atoms with Gasteiger partial charge in [-0.25, -0.2) is 0 Å². The van der Waals surface area contributed by atoms with E-state index in [0.29, 0.717) is 11.3 Å². The summed E-state index contributed by atoms with van der Waals surface area (Å²) in [7, 11) is 0. The molecule has 0 bridgehead atoms. The zero-order chi connectivity index (χ0) is 15.5. The molecule has 0 radical (unpaired) electrons. The van der Waals surface area contributed by atoms with Crippen molar-refractivity contribution in [2.24, 2.45) is 17.1 Å². The van der Waals surface area contributed by atoms with E-state index in [0.717, 1.165) is 25.0 Å². The minimum atomic E-state index is -0.0951. The van der Waals surface area contributed by atoms with Gasteiger partial charge in [0.1, 0.15) is 6.10 Å². The normalized spacial score (nSPS) is 28.0. The third kappa shape index (κ3) is 4.52. The van der Waals surface area contributed by atoms with Crippen molar-refractivity contribution >= 4 is 0 Å².